The lowest BCUT2D eigenvalue weighted by atomic mass is 10.2. The molecule has 0 aliphatic carbocycles. The van der Waals surface area contributed by atoms with Crippen LogP contribution >= 0.6 is 0 Å². The minimum Gasteiger partial charge on any atom is -0.368 e. The third kappa shape index (κ3) is 2.14. The third-order valence-electron chi connectivity index (χ3n) is 2.52. The van der Waals surface area contributed by atoms with Gasteiger partial charge in [-0.15, -0.1) is 0 Å². The Morgan fingerprint density at radius 3 is 3.07 bits per heavy atom. The first-order valence-electron chi connectivity index (χ1n) is 5.13. The maximum atomic E-state index is 11.5. The summed E-state index contributed by atoms with van der Waals surface area (Å²) in [6.07, 6.45) is 1.55. The van der Waals surface area contributed by atoms with Crippen LogP contribution < -0.4 is 5.32 Å². The molecule has 0 unspecified atom stereocenters. The first-order valence-corrected chi connectivity index (χ1v) is 6.95. The SMILES string of the molecule is CCCNc1n[nH]c2c1CS(=O)(=O)CC2. The van der Waals surface area contributed by atoms with Gasteiger partial charge in [-0.2, -0.15) is 5.10 Å². The van der Waals surface area contributed by atoms with Crippen molar-refractivity contribution in [1.29, 1.82) is 0 Å². The smallest absolute Gasteiger partial charge is 0.155 e. The molecule has 0 atom stereocenters. The number of rotatable bonds is 3. The Balaban J connectivity index is 2.25. The zero-order chi connectivity index (χ0) is 10.9. The minimum absolute atomic E-state index is 0.116. The van der Waals surface area contributed by atoms with Gasteiger partial charge in [-0.1, -0.05) is 6.92 Å². The quantitative estimate of drug-likeness (QED) is 0.800. The second-order valence-corrected chi connectivity index (χ2v) is 5.98. The zero-order valence-electron chi connectivity index (χ0n) is 8.71. The fourth-order valence-corrected chi connectivity index (χ4v) is 3.11. The summed E-state index contributed by atoms with van der Waals surface area (Å²) in [6, 6.07) is 0. The Bertz CT molecular complexity index is 450. The number of H-pyrrole nitrogens is 1. The van der Waals surface area contributed by atoms with Crippen LogP contribution in [0.3, 0.4) is 0 Å². The van der Waals surface area contributed by atoms with Gasteiger partial charge in [0.15, 0.2) is 15.7 Å². The van der Waals surface area contributed by atoms with E-state index < -0.39 is 9.84 Å². The molecule has 1 aliphatic rings. The molecule has 6 heteroatoms. The van der Waals surface area contributed by atoms with Crippen LogP contribution in [0.2, 0.25) is 0 Å². The summed E-state index contributed by atoms with van der Waals surface area (Å²) in [4.78, 5) is 0. The van der Waals surface area contributed by atoms with E-state index in [2.05, 4.69) is 22.4 Å². The van der Waals surface area contributed by atoms with Crippen molar-refractivity contribution in [2.75, 3.05) is 17.6 Å². The number of hydrogen-bond acceptors (Lipinski definition) is 4. The lowest BCUT2D eigenvalue weighted by molar-refractivity contribution is 0.591. The number of hydrogen-bond donors (Lipinski definition) is 2. The van der Waals surface area contributed by atoms with Gasteiger partial charge in [0.1, 0.15) is 0 Å². The number of nitrogens with one attached hydrogen (secondary N) is 2. The fourth-order valence-electron chi connectivity index (χ4n) is 1.70. The Kier molecular flexibility index (Phi) is 2.68. The summed E-state index contributed by atoms with van der Waals surface area (Å²) >= 11 is 0. The summed E-state index contributed by atoms with van der Waals surface area (Å²) in [7, 11) is -2.91. The minimum atomic E-state index is -2.91. The Morgan fingerprint density at radius 1 is 1.53 bits per heavy atom. The average Bonchev–Trinajstić information content (AvgIpc) is 2.56. The molecule has 0 fully saturated rings. The summed E-state index contributed by atoms with van der Waals surface area (Å²) < 4.78 is 22.9. The van der Waals surface area contributed by atoms with Crippen LogP contribution in [0.5, 0.6) is 0 Å². The number of aromatic amines is 1. The predicted molar refractivity (Wildman–Crippen MR) is 58.6 cm³/mol. The standard InChI is InChI=1S/C9H15N3O2S/c1-2-4-10-9-7-6-15(13,14)5-3-8(7)11-12-9/h2-6H2,1H3,(H2,10,11,12). The predicted octanol–water partition coefficient (Wildman–Crippen LogP) is 0.703. The Hall–Kier alpha value is -1.04. The topological polar surface area (TPSA) is 74.8 Å². The van der Waals surface area contributed by atoms with Crippen LogP contribution in [-0.4, -0.2) is 30.9 Å². The van der Waals surface area contributed by atoms with Crippen molar-refractivity contribution in [3.05, 3.63) is 11.3 Å². The molecule has 0 saturated heterocycles. The Labute approximate surface area is 89.2 Å². The van der Waals surface area contributed by atoms with Gasteiger partial charge in [-0.25, -0.2) is 8.42 Å². The molecule has 0 radical (unpaired) electrons. The number of nitrogens with zero attached hydrogens (tertiary/aromatic N) is 1. The number of sulfone groups is 1. The fraction of sp³-hybridized carbons (Fsp3) is 0.667. The molecule has 0 bridgehead atoms. The average molecular weight is 229 g/mol. The van der Waals surface area contributed by atoms with E-state index >= 15 is 0 Å². The van der Waals surface area contributed by atoms with Gasteiger partial charge >= 0.3 is 0 Å². The van der Waals surface area contributed by atoms with Gasteiger partial charge in [0.2, 0.25) is 0 Å². The summed E-state index contributed by atoms with van der Waals surface area (Å²) in [5, 5.41) is 10.1. The van der Waals surface area contributed by atoms with Crippen molar-refractivity contribution < 1.29 is 8.42 Å². The van der Waals surface area contributed by atoms with E-state index in [-0.39, 0.29) is 11.5 Å². The molecule has 2 rings (SSSR count). The van der Waals surface area contributed by atoms with Gasteiger partial charge in [0.25, 0.3) is 0 Å². The number of aryl methyl sites for hydroxylation is 1. The molecule has 2 heterocycles. The molecule has 0 amide bonds. The van der Waals surface area contributed by atoms with Gasteiger partial charge in [0, 0.05) is 24.2 Å². The van der Waals surface area contributed by atoms with Crippen molar-refractivity contribution in [3.8, 4) is 0 Å². The molecule has 1 aromatic heterocycles. The number of fused-ring (bicyclic) bond motifs is 1. The Morgan fingerprint density at radius 2 is 2.33 bits per heavy atom. The van der Waals surface area contributed by atoms with Crippen LogP contribution in [0, 0.1) is 0 Å². The summed E-state index contributed by atoms with van der Waals surface area (Å²) in [5.74, 6) is 1.05. The molecule has 5 nitrogen and oxygen atoms in total. The molecule has 2 N–H and O–H groups in total. The molecular weight excluding hydrogens is 214 g/mol. The molecule has 84 valence electrons. The maximum Gasteiger partial charge on any atom is 0.155 e. The van der Waals surface area contributed by atoms with E-state index in [0.717, 1.165) is 24.2 Å². The van der Waals surface area contributed by atoms with Crippen LogP contribution in [0.25, 0.3) is 0 Å². The van der Waals surface area contributed by atoms with E-state index in [4.69, 9.17) is 0 Å². The van der Waals surface area contributed by atoms with Crippen LogP contribution in [0.15, 0.2) is 0 Å². The van der Waals surface area contributed by atoms with Crippen molar-refractivity contribution >= 4 is 15.7 Å². The van der Waals surface area contributed by atoms with Crippen molar-refractivity contribution in [1.82, 2.24) is 10.2 Å². The lowest BCUT2D eigenvalue weighted by Gasteiger charge is -2.12. The van der Waals surface area contributed by atoms with Crippen molar-refractivity contribution in [2.45, 2.75) is 25.5 Å². The second-order valence-electron chi connectivity index (χ2n) is 3.80. The van der Waals surface area contributed by atoms with E-state index in [0.29, 0.717) is 12.2 Å². The van der Waals surface area contributed by atoms with Crippen molar-refractivity contribution in [2.24, 2.45) is 0 Å². The summed E-state index contributed by atoms with van der Waals surface area (Å²) in [6.45, 7) is 2.88. The first kappa shape index (κ1) is 10.5. The monoisotopic (exact) mass is 229 g/mol. The van der Waals surface area contributed by atoms with E-state index in [1.807, 2.05) is 0 Å². The maximum absolute atomic E-state index is 11.5. The van der Waals surface area contributed by atoms with Crippen LogP contribution in [0.4, 0.5) is 5.82 Å². The highest BCUT2D eigenvalue weighted by Gasteiger charge is 2.25. The van der Waals surface area contributed by atoms with Crippen molar-refractivity contribution in [3.63, 3.8) is 0 Å². The van der Waals surface area contributed by atoms with E-state index in [9.17, 15) is 8.42 Å². The molecule has 0 aromatic carbocycles. The summed E-state index contributed by atoms with van der Waals surface area (Å²) in [5.41, 5.74) is 1.79. The molecule has 15 heavy (non-hydrogen) atoms. The van der Waals surface area contributed by atoms with Gasteiger partial charge in [-0.3, -0.25) is 5.10 Å². The molecular formula is C9H15N3O2S. The largest absolute Gasteiger partial charge is 0.368 e. The van der Waals surface area contributed by atoms with E-state index in [1.54, 1.807) is 0 Å². The molecule has 0 saturated carbocycles. The lowest BCUT2D eigenvalue weighted by Crippen LogP contribution is -2.19. The molecule has 0 spiro atoms. The number of anilines is 1. The highest BCUT2D eigenvalue weighted by Crippen LogP contribution is 2.24. The normalized spacial score (nSPS) is 18.5. The van der Waals surface area contributed by atoms with Gasteiger partial charge < -0.3 is 5.32 Å². The highest BCUT2D eigenvalue weighted by molar-refractivity contribution is 7.90. The second kappa shape index (κ2) is 3.84. The first-order chi connectivity index (χ1) is 7.12. The van der Waals surface area contributed by atoms with Crippen LogP contribution in [0.1, 0.15) is 24.6 Å². The molecule has 1 aliphatic heterocycles. The third-order valence-corrected chi connectivity index (χ3v) is 4.08. The number of aromatic nitrogens is 2. The molecule has 1 aromatic rings. The van der Waals surface area contributed by atoms with Gasteiger partial charge in [0.05, 0.1) is 11.5 Å². The highest BCUT2D eigenvalue weighted by atomic mass is 32.2. The van der Waals surface area contributed by atoms with E-state index in [1.165, 1.54) is 0 Å². The van der Waals surface area contributed by atoms with Crippen LogP contribution in [-0.2, 0) is 22.0 Å². The van der Waals surface area contributed by atoms with Gasteiger partial charge in [-0.05, 0) is 6.42 Å². The zero-order valence-corrected chi connectivity index (χ0v) is 9.52.